The van der Waals surface area contributed by atoms with Gasteiger partial charge >= 0.3 is 0 Å². The van der Waals surface area contributed by atoms with Crippen LogP contribution in [-0.4, -0.2) is 52.3 Å². The molecule has 4 rings (SSSR count). The molecule has 0 bridgehead atoms. The Bertz CT molecular complexity index is 1110. The van der Waals surface area contributed by atoms with E-state index >= 15 is 0 Å². The van der Waals surface area contributed by atoms with Crippen LogP contribution in [0, 0.1) is 0 Å². The molecule has 0 radical (unpaired) electrons. The predicted molar refractivity (Wildman–Crippen MR) is 122 cm³/mol. The van der Waals surface area contributed by atoms with Crippen molar-refractivity contribution in [1.82, 2.24) is 14.5 Å². The highest BCUT2D eigenvalue weighted by molar-refractivity contribution is 7.99. The number of piperazine rings is 1. The van der Waals surface area contributed by atoms with Gasteiger partial charge in [-0.05, 0) is 24.3 Å². The van der Waals surface area contributed by atoms with Gasteiger partial charge in [0.1, 0.15) is 0 Å². The highest BCUT2D eigenvalue weighted by Gasteiger charge is 2.22. The molecule has 7 heteroatoms. The molecule has 1 fully saturated rings. The van der Waals surface area contributed by atoms with Gasteiger partial charge in [0, 0.05) is 38.4 Å². The first-order valence-electron chi connectivity index (χ1n) is 9.98. The van der Waals surface area contributed by atoms with Crippen LogP contribution < -0.4 is 10.5 Å². The third-order valence-electron chi connectivity index (χ3n) is 5.22. The molecule has 0 N–H and O–H groups in total. The summed E-state index contributed by atoms with van der Waals surface area (Å²) in [5.41, 5.74) is 1.73. The van der Waals surface area contributed by atoms with Crippen molar-refractivity contribution in [3.8, 4) is 0 Å². The van der Waals surface area contributed by atoms with E-state index in [1.165, 1.54) is 17.4 Å². The summed E-state index contributed by atoms with van der Waals surface area (Å²) in [6, 6.07) is 17.5. The molecular weight excluding hydrogens is 396 g/mol. The van der Waals surface area contributed by atoms with Gasteiger partial charge in [0.05, 0.1) is 16.7 Å². The molecule has 1 aliphatic heterocycles. The number of carbonyl (C=O) groups excluding carboxylic acids is 1. The van der Waals surface area contributed by atoms with E-state index in [9.17, 15) is 9.59 Å². The normalized spacial score (nSPS) is 14.1. The summed E-state index contributed by atoms with van der Waals surface area (Å²) in [7, 11) is 0. The quantitative estimate of drug-likeness (QED) is 0.349. The van der Waals surface area contributed by atoms with E-state index in [4.69, 9.17) is 0 Å². The van der Waals surface area contributed by atoms with Gasteiger partial charge in [-0.3, -0.25) is 14.2 Å². The van der Waals surface area contributed by atoms with Gasteiger partial charge < -0.3 is 9.80 Å². The lowest BCUT2D eigenvalue weighted by atomic mass is 10.2. The minimum absolute atomic E-state index is 0.0697. The molecule has 3 aromatic rings. The van der Waals surface area contributed by atoms with Crippen molar-refractivity contribution in [2.45, 2.75) is 11.7 Å². The molecule has 1 aliphatic rings. The first kappa shape index (κ1) is 20.2. The third kappa shape index (κ3) is 4.26. The van der Waals surface area contributed by atoms with Crippen molar-refractivity contribution in [2.24, 2.45) is 0 Å². The fourth-order valence-corrected chi connectivity index (χ4v) is 4.53. The summed E-state index contributed by atoms with van der Waals surface area (Å²) < 4.78 is 1.58. The minimum atomic E-state index is -0.105. The van der Waals surface area contributed by atoms with Crippen LogP contribution >= 0.6 is 11.8 Å². The molecule has 2 aromatic carbocycles. The van der Waals surface area contributed by atoms with Gasteiger partial charge in [-0.2, -0.15) is 0 Å². The fraction of sp³-hybridized carbons (Fsp3) is 0.261. The average Bonchev–Trinajstić information content (AvgIpc) is 2.80. The van der Waals surface area contributed by atoms with Crippen molar-refractivity contribution in [1.29, 1.82) is 0 Å². The van der Waals surface area contributed by atoms with E-state index < -0.39 is 0 Å². The molecule has 2 heterocycles. The van der Waals surface area contributed by atoms with E-state index in [0.717, 1.165) is 13.1 Å². The zero-order valence-corrected chi connectivity index (χ0v) is 17.6. The van der Waals surface area contributed by atoms with Crippen molar-refractivity contribution < 1.29 is 4.79 Å². The van der Waals surface area contributed by atoms with Gasteiger partial charge in [0.2, 0.25) is 5.91 Å². The molecule has 6 nitrogen and oxygen atoms in total. The topological polar surface area (TPSA) is 58.4 Å². The molecule has 0 atom stereocenters. The number of hydrogen-bond donors (Lipinski definition) is 0. The Morgan fingerprint density at radius 1 is 1.03 bits per heavy atom. The average molecular weight is 421 g/mol. The maximum Gasteiger partial charge on any atom is 0.262 e. The molecule has 0 spiro atoms. The number of hydrogen-bond acceptors (Lipinski definition) is 5. The summed E-state index contributed by atoms with van der Waals surface area (Å²) in [6.07, 6.45) is 1.67. The van der Waals surface area contributed by atoms with E-state index in [0.29, 0.717) is 35.7 Å². The van der Waals surface area contributed by atoms with Gasteiger partial charge in [-0.1, -0.05) is 48.2 Å². The number of anilines is 1. The van der Waals surface area contributed by atoms with Crippen LogP contribution in [0.3, 0.4) is 0 Å². The molecule has 1 aromatic heterocycles. The Morgan fingerprint density at radius 2 is 1.73 bits per heavy atom. The van der Waals surface area contributed by atoms with Crippen molar-refractivity contribution in [3.63, 3.8) is 0 Å². The van der Waals surface area contributed by atoms with Gasteiger partial charge in [0.15, 0.2) is 5.16 Å². The second-order valence-electron chi connectivity index (χ2n) is 7.11. The Morgan fingerprint density at radius 3 is 2.47 bits per heavy atom. The molecule has 1 amide bonds. The van der Waals surface area contributed by atoms with E-state index in [1.54, 1.807) is 16.7 Å². The Kier molecular flexibility index (Phi) is 6.18. The van der Waals surface area contributed by atoms with Crippen LogP contribution in [0.4, 0.5) is 5.69 Å². The van der Waals surface area contributed by atoms with Crippen LogP contribution in [0.1, 0.15) is 0 Å². The number of aromatic nitrogens is 2. The molecule has 154 valence electrons. The largest absolute Gasteiger partial charge is 0.368 e. The van der Waals surface area contributed by atoms with E-state index in [2.05, 4.69) is 28.6 Å². The summed E-state index contributed by atoms with van der Waals surface area (Å²) >= 11 is 1.31. The molecule has 0 unspecified atom stereocenters. The Hall–Kier alpha value is -3.06. The van der Waals surface area contributed by atoms with Gasteiger partial charge in [-0.15, -0.1) is 6.58 Å². The van der Waals surface area contributed by atoms with E-state index in [1.807, 2.05) is 41.3 Å². The maximum atomic E-state index is 12.8. The van der Waals surface area contributed by atoms with Crippen LogP contribution in [-0.2, 0) is 11.3 Å². The predicted octanol–water partition coefficient (Wildman–Crippen LogP) is 3.02. The standard InChI is InChI=1S/C23H24N4O2S/c1-2-12-27-22(29)19-10-6-7-11-20(19)24-23(27)30-17-21(28)26-15-13-25(14-16-26)18-8-4-3-5-9-18/h2-11H,1,12-17H2. The van der Waals surface area contributed by atoms with Crippen LogP contribution in [0.15, 0.2) is 77.2 Å². The number of allylic oxidation sites excluding steroid dienone is 1. The summed E-state index contributed by atoms with van der Waals surface area (Å²) in [5.74, 6) is 0.327. The third-order valence-corrected chi connectivity index (χ3v) is 6.18. The fourth-order valence-electron chi connectivity index (χ4n) is 3.62. The summed E-state index contributed by atoms with van der Waals surface area (Å²) in [6.45, 7) is 7.12. The van der Waals surface area contributed by atoms with Crippen molar-refractivity contribution in [2.75, 3.05) is 36.8 Å². The second-order valence-corrected chi connectivity index (χ2v) is 8.05. The lowest BCUT2D eigenvalue weighted by Crippen LogP contribution is -2.49. The molecular formula is C23H24N4O2S. The molecule has 1 saturated heterocycles. The number of rotatable bonds is 6. The summed E-state index contributed by atoms with van der Waals surface area (Å²) in [4.78, 5) is 34.4. The highest BCUT2D eigenvalue weighted by Crippen LogP contribution is 2.20. The number of fused-ring (bicyclic) bond motifs is 1. The zero-order valence-electron chi connectivity index (χ0n) is 16.7. The van der Waals surface area contributed by atoms with E-state index in [-0.39, 0.29) is 17.2 Å². The highest BCUT2D eigenvalue weighted by atomic mass is 32.2. The van der Waals surface area contributed by atoms with Crippen LogP contribution in [0.25, 0.3) is 10.9 Å². The van der Waals surface area contributed by atoms with Gasteiger partial charge in [0.25, 0.3) is 5.56 Å². The maximum absolute atomic E-state index is 12.8. The lowest BCUT2D eigenvalue weighted by molar-refractivity contribution is -0.128. The first-order chi connectivity index (χ1) is 14.7. The lowest BCUT2D eigenvalue weighted by Gasteiger charge is -2.36. The number of nitrogens with zero attached hydrogens (tertiary/aromatic N) is 4. The minimum Gasteiger partial charge on any atom is -0.368 e. The first-order valence-corrected chi connectivity index (χ1v) is 11.0. The molecule has 30 heavy (non-hydrogen) atoms. The van der Waals surface area contributed by atoms with Crippen molar-refractivity contribution >= 4 is 34.3 Å². The monoisotopic (exact) mass is 420 g/mol. The number of para-hydroxylation sites is 2. The number of carbonyl (C=O) groups is 1. The zero-order chi connectivity index (χ0) is 20.9. The van der Waals surface area contributed by atoms with Crippen LogP contribution in [0.2, 0.25) is 0 Å². The van der Waals surface area contributed by atoms with Crippen LogP contribution in [0.5, 0.6) is 0 Å². The molecule has 0 saturated carbocycles. The number of benzene rings is 2. The summed E-state index contributed by atoms with van der Waals surface area (Å²) in [5, 5.41) is 1.13. The van der Waals surface area contributed by atoms with Crippen molar-refractivity contribution in [3.05, 3.63) is 77.6 Å². The SMILES string of the molecule is C=CCn1c(SCC(=O)N2CCN(c3ccccc3)CC2)nc2ccccc2c1=O. The number of thioether (sulfide) groups is 1. The Labute approximate surface area is 179 Å². The smallest absolute Gasteiger partial charge is 0.262 e. The number of amides is 1. The Balaban J connectivity index is 1.43. The van der Waals surface area contributed by atoms with Gasteiger partial charge in [-0.25, -0.2) is 4.98 Å². The second kappa shape index (κ2) is 9.17. The molecule has 0 aliphatic carbocycles.